The number of fused-ring (bicyclic) bond motifs is 2. The van der Waals surface area contributed by atoms with Crippen LogP contribution in [0.2, 0.25) is 5.02 Å². The lowest BCUT2D eigenvalue weighted by atomic mass is 9.97. The van der Waals surface area contributed by atoms with E-state index in [1.54, 1.807) is 42.3 Å². The number of aromatic amines is 1. The first kappa shape index (κ1) is 21.0. The molecule has 0 radical (unpaired) electrons. The zero-order chi connectivity index (χ0) is 24.1. The highest BCUT2D eigenvalue weighted by Gasteiger charge is 2.17. The van der Waals surface area contributed by atoms with E-state index < -0.39 is 11.2 Å². The molecule has 0 fully saturated rings. The summed E-state index contributed by atoms with van der Waals surface area (Å²) in [5, 5.41) is 10.7. The fraction of sp³-hybridized carbons (Fsp3) is 0.0385. The van der Waals surface area contributed by atoms with Crippen molar-refractivity contribution in [2.24, 2.45) is 7.05 Å². The van der Waals surface area contributed by atoms with Crippen molar-refractivity contribution in [3.8, 4) is 28.1 Å². The average Bonchev–Trinajstić information content (AvgIpc) is 3.30. The minimum Gasteiger partial charge on any atom is -0.306 e. The van der Waals surface area contributed by atoms with Crippen LogP contribution in [0.3, 0.4) is 0 Å². The van der Waals surface area contributed by atoms with Crippen molar-refractivity contribution in [3.63, 3.8) is 0 Å². The molecule has 0 saturated heterocycles. The predicted octanol–water partition coefficient (Wildman–Crippen LogP) is 4.34. The Morgan fingerprint density at radius 2 is 1.80 bits per heavy atom. The van der Waals surface area contributed by atoms with Gasteiger partial charge in [-0.25, -0.2) is 9.36 Å². The quantitative estimate of drug-likeness (QED) is 0.406. The molecule has 0 spiro atoms. The van der Waals surface area contributed by atoms with E-state index in [0.717, 1.165) is 32.0 Å². The number of nitrogens with one attached hydrogen (secondary N) is 1. The molecule has 0 atom stereocenters. The van der Waals surface area contributed by atoms with Gasteiger partial charge in [-0.05, 0) is 23.8 Å². The molecule has 6 rings (SSSR count). The average molecular weight is 481 g/mol. The molecule has 3 aromatic carbocycles. The summed E-state index contributed by atoms with van der Waals surface area (Å²) >= 11 is 6.60. The number of aryl methyl sites for hydroxylation is 1. The van der Waals surface area contributed by atoms with Gasteiger partial charge in [0.05, 0.1) is 29.0 Å². The summed E-state index contributed by atoms with van der Waals surface area (Å²) in [6, 6.07) is 18.3. The lowest BCUT2D eigenvalue weighted by Crippen LogP contribution is -2.33. The van der Waals surface area contributed by atoms with E-state index in [0.29, 0.717) is 27.3 Å². The third-order valence-corrected chi connectivity index (χ3v) is 6.28. The Balaban J connectivity index is 1.57. The Hall–Kier alpha value is -4.56. The van der Waals surface area contributed by atoms with Crippen molar-refractivity contribution in [3.05, 3.63) is 105 Å². The van der Waals surface area contributed by atoms with Gasteiger partial charge < -0.3 is 4.98 Å². The molecule has 35 heavy (non-hydrogen) atoms. The molecule has 3 heterocycles. The number of nitrogens with zero attached hydrogens (tertiary/aromatic N) is 5. The van der Waals surface area contributed by atoms with Crippen LogP contribution >= 0.6 is 11.6 Å². The van der Waals surface area contributed by atoms with Crippen LogP contribution in [0.4, 0.5) is 0 Å². The van der Waals surface area contributed by atoms with Gasteiger partial charge in [0.2, 0.25) is 0 Å². The van der Waals surface area contributed by atoms with Crippen LogP contribution in [-0.2, 0) is 7.05 Å². The molecule has 0 amide bonds. The Labute approximate surface area is 203 Å². The molecule has 0 unspecified atom stereocenters. The van der Waals surface area contributed by atoms with Crippen LogP contribution in [0.25, 0.3) is 49.7 Å². The normalized spacial score (nSPS) is 11.4. The Morgan fingerprint density at radius 1 is 0.943 bits per heavy atom. The summed E-state index contributed by atoms with van der Waals surface area (Å²) in [6.45, 7) is 0. The number of halogens is 1. The van der Waals surface area contributed by atoms with Gasteiger partial charge >= 0.3 is 5.69 Å². The second-order valence-corrected chi connectivity index (χ2v) is 8.56. The van der Waals surface area contributed by atoms with Gasteiger partial charge in [0.25, 0.3) is 5.56 Å². The van der Waals surface area contributed by atoms with Gasteiger partial charge in [-0.3, -0.25) is 14.5 Å². The number of rotatable bonds is 3. The highest BCUT2D eigenvalue weighted by molar-refractivity contribution is 6.34. The fourth-order valence-electron chi connectivity index (χ4n) is 4.37. The second kappa shape index (κ2) is 8.03. The van der Waals surface area contributed by atoms with Gasteiger partial charge in [0.1, 0.15) is 5.69 Å². The topological polar surface area (TPSA) is 98.5 Å². The van der Waals surface area contributed by atoms with E-state index in [1.165, 1.54) is 6.20 Å². The van der Waals surface area contributed by atoms with Crippen LogP contribution in [0.1, 0.15) is 0 Å². The maximum atomic E-state index is 13.5. The first-order valence-electron chi connectivity index (χ1n) is 10.8. The van der Waals surface area contributed by atoms with E-state index in [1.807, 2.05) is 42.5 Å². The van der Waals surface area contributed by atoms with Crippen LogP contribution in [0.5, 0.6) is 0 Å². The van der Waals surface area contributed by atoms with Crippen LogP contribution in [-0.4, -0.2) is 29.5 Å². The van der Waals surface area contributed by atoms with Crippen LogP contribution in [0.15, 0.2) is 88.8 Å². The zero-order valence-corrected chi connectivity index (χ0v) is 19.2. The monoisotopic (exact) mass is 480 g/mol. The molecule has 0 aliphatic carbocycles. The van der Waals surface area contributed by atoms with E-state index in [4.69, 9.17) is 11.6 Å². The van der Waals surface area contributed by atoms with Gasteiger partial charge in [0.15, 0.2) is 0 Å². The van der Waals surface area contributed by atoms with Gasteiger partial charge in [-0.1, -0.05) is 59.3 Å². The molecule has 170 valence electrons. The standard InChI is InChI=1S/C26H17ClN6O2/c1-32-14-22(30-31-32)18-7-4-8-20(27)24(18)15-9-10-19-21(11-15)29-26(35)33(25(19)34)23-13-28-12-16-5-2-3-6-17(16)23/h2-14H,1H3,(H,29,35). The molecule has 0 bridgehead atoms. The lowest BCUT2D eigenvalue weighted by Gasteiger charge is -2.12. The van der Waals surface area contributed by atoms with Crippen molar-refractivity contribution >= 4 is 33.3 Å². The Morgan fingerprint density at radius 3 is 2.63 bits per heavy atom. The molecule has 3 aromatic heterocycles. The van der Waals surface area contributed by atoms with Gasteiger partial charge in [-0.2, -0.15) is 0 Å². The second-order valence-electron chi connectivity index (χ2n) is 8.15. The Bertz CT molecular complexity index is 1880. The Kier molecular flexibility index (Phi) is 4.82. The predicted molar refractivity (Wildman–Crippen MR) is 136 cm³/mol. The SMILES string of the molecule is Cn1cc(-c2cccc(Cl)c2-c2ccc3c(=O)n(-c4cncc5ccccc45)c(=O)[nH]c3c2)nn1. The highest BCUT2D eigenvalue weighted by Crippen LogP contribution is 2.37. The summed E-state index contributed by atoms with van der Waals surface area (Å²) in [7, 11) is 1.79. The number of hydrogen-bond acceptors (Lipinski definition) is 5. The van der Waals surface area contributed by atoms with Crippen molar-refractivity contribution in [2.75, 3.05) is 0 Å². The summed E-state index contributed by atoms with van der Waals surface area (Å²) in [5.74, 6) is 0. The van der Waals surface area contributed by atoms with Crippen molar-refractivity contribution in [1.82, 2.24) is 29.5 Å². The molecular weight excluding hydrogens is 464 g/mol. The number of H-pyrrole nitrogens is 1. The number of aromatic nitrogens is 6. The van der Waals surface area contributed by atoms with Crippen molar-refractivity contribution in [1.29, 1.82) is 0 Å². The fourth-order valence-corrected chi connectivity index (χ4v) is 4.66. The van der Waals surface area contributed by atoms with E-state index in [-0.39, 0.29) is 0 Å². The largest absolute Gasteiger partial charge is 0.333 e. The molecular formula is C26H17ClN6O2. The number of hydrogen-bond donors (Lipinski definition) is 1. The zero-order valence-electron chi connectivity index (χ0n) is 18.4. The first-order valence-corrected chi connectivity index (χ1v) is 11.2. The van der Waals surface area contributed by atoms with Crippen molar-refractivity contribution in [2.45, 2.75) is 0 Å². The number of pyridine rings is 1. The maximum Gasteiger partial charge on any atom is 0.333 e. The minimum atomic E-state index is -0.550. The first-order chi connectivity index (χ1) is 17.0. The third kappa shape index (κ3) is 3.43. The molecule has 0 aliphatic heterocycles. The lowest BCUT2D eigenvalue weighted by molar-refractivity contribution is 0.715. The molecule has 6 aromatic rings. The maximum absolute atomic E-state index is 13.5. The molecule has 1 N–H and O–H groups in total. The summed E-state index contributed by atoms with van der Waals surface area (Å²) in [6.07, 6.45) is 5.02. The minimum absolute atomic E-state index is 0.370. The summed E-state index contributed by atoms with van der Waals surface area (Å²) < 4.78 is 2.74. The van der Waals surface area contributed by atoms with Crippen LogP contribution < -0.4 is 11.2 Å². The molecule has 0 aliphatic rings. The van der Waals surface area contributed by atoms with E-state index >= 15 is 0 Å². The summed E-state index contributed by atoms with van der Waals surface area (Å²) in [4.78, 5) is 33.7. The van der Waals surface area contributed by atoms with Crippen molar-refractivity contribution < 1.29 is 0 Å². The molecule has 9 heteroatoms. The smallest absolute Gasteiger partial charge is 0.306 e. The highest BCUT2D eigenvalue weighted by atomic mass is 35.5. The molecule has 0 saturated carbocycles. The number of benzene rings is 3. The van der Waals surface area contributed by atoms with Gasteiger partial charge in [-0.15, -0.1) is 5.10 Å². The van der Waals surface area contributed by atoms with E-state index in [9.17, 15) is 9.59 Å². The molecule has 8 nitrogen and oxygen atoms in total. The third-order valence-electron chi connectivity index (χ3n) is 5.97. The van der Waals surface area contributed by atoms with E-state index in [2.05, 4.69) is 20.3 Å². The van der Waals surface area contributed by atoms with Crippen LogP contribution in [0, 0.1) is 0 Å². The van der Waals surface area contributed by atoms with Gasteiger partial charge in [0, 0.05) is 40.2 Å². The summed E-state index contributed by atoms with van der Waals surface area (Å²) in [5.41, 5.74) is 2.79.